The van der Waals surface area contributed by atoms with Crippen molar-refractivity contribution in [1.29, 1.82) is 0 Å². The van der Waals surface area contributed by atoms with E-state index in [4.69, 9.17) is 23.7 Å². The van der Waals surface area contributed by atoms with Gasteiger partial charge in [-0.05, 0) is 118 Å². The third-order valence-electron chi connectivity index (χ3n) is 12.6. The highest BCUT2D eigenvalue weighted by Crippen LogP contribution is 2.67. The predicted octanol–water partition coefficient (Wildman–Crippen LogP) is 9.92. The van der Waals surface area contributed by atoms with E-state index >= 15 is 0 Å². The zero-order valence-electron chi connectivity index (χ0n) is 33.5. The van der Waals surface area contributed by atoms with E-state index in [1.165, 1.54) is 27.9 Å². The Hall–Kier alpha value is -4.98. The Labute approximate surface area is 330 Å². The number of morpholine rings is 1. The first-order valence-electron chi connectivity index (χ1n) is 20.0. The molecule has 1 spiro atoms. The zero-order valence-corrected chi connectivity index (χ0v) is 33.5. The lowest BCUT2D eigenvalue weighted by atomic mass is 9.52. The number of rotatable bonds is 8. The van der Waals surface area contributed by atoms with Crippen molar-refractivity contribution >= 4 is 22.5 Å². The molecule has 290 valence electrons. The summed E-state index contributed by atoms with van der Waals surface area (Å²) in [5.41, 5.74) is 8.55. The van der Waals surface area contributed by atoms with Gasteiger partial charge >= 0.3 is 0 Å². The molecule has 1 atom stereocenters. The Bertz CT molecular complexity index is 2300. The third kappa shape index (κ3) is 5.93. The number of fused-ring (bicyclic) bond motifs is 10. The minimum atomic E-state index is -0.955. The van der Waals surface area contributed by atoms with E-state index < -0.39 is 5.60 Å². The topological polar surface area (TPSA) is 69.6 Å². The Morgan fingerprint density at radius 3 is 2.00 bits per heavy atom. The molecule has 2 heterocycles. The van der Waals surface area contributed by atoms with E-state index in [9.17, 15) is 5.11 Å². The molecule has 0 bridgehead atoms. The maximum atomic E-state index is 9.43. The van der Waals surface area contributed by atoms with Crippen LogP contribution in [0, 0.1) is 10.8 Å². The van der Waals surface area contributed by atoms with Gasteiger partial charge in [0.1, 0.15) is 29.6 Å². The molecule has 2 fully saturated rings. The van der Waals surface area contributed by atoms with Crippen LogP contribution in [0.2, 0.25) is 0 Å². The molecule has 7 heteroatoms. The Balaban J connectivity index is 1.30. The molecule has 7 nitrogen and oxygen atoms in total. The quantitative estimate of drug-likeness (QED) is 0.169. The minimum absolute atomic E-state index is 0.0445. The second-order valence-electron chi connectivity index (χ2n) is 17.7. The van der Waals surface area contributed by atoms with Gasteiger partial charge in [0.25, 0.3) is 0 Å². The summed E-state index contributed by atoms with van der Waals surface area (Å²) in [5.74, 6) is 3.23. The van der Waals surface area contributed by atoms with Crippen molar-refractivity contribution in [3.63, 3.8) is 0 Å². The van der Waals surface area contributed by atoms with E-state index in [1.807, 2.05) is 12.1 Å². The van der Waals surface area contributed by atoms with Gasteiger partial charge in [-0.3, -0.25) is 0 Å². The van der Waals surface area contributed by atoms with Crippen molar-refractivity contribution in [2.24, 2.45) is 10.8 Å². The molecule has 5 aromatic carbocycles. The van der Waals surface area contributed by atoms with Gasteiger partial charge in [0.2, 0.25) is 0 Å². The SMILES string of the molecule is COc1ccc2c(c1)C1(CC(C)(C)CC(C)(C)C1)c1c3c(c4cc(OC)ccc4c1-2)OC(c1ccc(OCCO)cc1)(c1ccc(N2CCOCC2)cc1)C=C3. The molecule has 2 aliphatic carbocycles. The second kappa shape index (κ2) is 13.6. The number of anilines is 1. The lowest BCUT2D eigenvalue weighted by molar-refractivity contribution is 0.0641. The highest BCUT2D eigenvalue weighted by molar-refractivity contribution is 6.09. The lowest BCUT2D eigenvalue weighted by Gasteiger charge is -2.52. The van der Waals surface area contributed by atoms with Crippen molar-refractivity contribution in [3.05, 3.63) is 119 Å². The largest absolute Gasteiger partial charge is 0.497 e. The number of hydrogen-bond acceptors (Lipinski definition) is 7. The molecule has 1 N–H and O–H groups in total. The van der Waals surface area contributed by atoms with Crippen LogP contribution in [0.25, 0.3) is 28.0 Å². The first-order chi connectivity index (χ1) is 27.0. The van der Waals surface area contributed by atoms with Crippen LogP contribution >= 0.6 is 0 Å². The van der Waals surface area contributed by atoms with Crippen molar-refractivity contribution < 1.29 is 28.8 Å². The van der Waals surface area contributed by atoms with E-state index in [-0.39, 0.29) is 29.5 Å². The van der Waals surface area contributed by atoms with Gasteiger partial charge in [-0.1, -0.05) is 64.1 Å². The number of ether oxygens (including phenoxy) is 5. The van der Waals surface area contributed by atoms with Crippen LogP contribution in [0.1, 0.15) is 74.8 Å². The smallest absolute Gasteiger partial charge is 0.178 e. The molecule has 0 amide bonds. The van der Waals surface area contributed by atoms with Crippen molar-refractivity contribution in [3.8, 4) is 34.1 Å². The van der Waals surface area contributed by atoms with Crippen LogP contribution in [0.4, 0.5) is 5.69 Å². The average molecular weight is 752 g/mol. The van der Waals surface area contributed by atoms with E-state index in [1.54, 1.807) is 14.2 Å². The molecule has 0 aromatic heterocycles. The Morgan fingerprint density at radius 1 is 0.714 bits per heavy atom. The van der Waals surface area contributed by atoms with Gasteiger partial charge in [0.05, 0.1) is 34.0 Å². The molecule has 9 rings (SSSR count). The monoisotopic (exact) mass is 751 g/mol. The molecular formula is C49H53NO6. The van der Waals surface area contributed by atoms with Gasteiger partial charge in [-0.2, -0.15) is 0 Å². The van der Waals surface area contributed by atoms with Crippen molar-refractivity contribution in [2.45, 2.75) is 58.0 Å². The molecule has 0 radical (unpaired) electrons. The van der Waals surface area contributed by atoms with Gasteiger partial charge in [-0.15, -0.1) is 0 Å². The molecular weight excluding hydrogens is 699 g/mol. The lowest BCUT2D eigenvalue weighted by Crippen LogP contribution is -2.44. The maximum absolute atomic E-state index is 9.43. The zero-order chi connectivity index (χ0) is 38.9. The number of aliphatic hydroxyl groups is 1. The minimum Gasteiger partial charge on any atom is -0.497 e. The molecule has 1 saturated heterocycles. The fraction of sp³-hybridized carbons (Fsp3) is 0.388. The number of benzene rings is 5. The number of aliphatic hydroxyl groups excluding tert-OH is 1. The molecule has 56 heavy (non-hydrogen) atoms. The fourth-order valence-electron chi connectivity index (χ4n) is 11.1. The van der Waals surface area contributed by atoms with Crippen LogP contribution < -0.4 is 23.8 Å². The maximum Gasteiger partial charge on any atom is 0.178 e. The summed E-state index contributed by atoms with van der Waals surface area (Å²) in [6.07, 6.45) is 7.80. The highest BCUT2D eigenvalue weighted by atomic mass is 16.5. The second-order valence-corrected chi connectivity index (χ2v) is 17.7. The number of nitrogens with zero attached hydrogens (tertiary/aromatic N) is 1. The van der Waals surface area contributed by atoms with Gasteiger partial charge < -0.3 is 33.7 Å². The summed E-state index contributed by atoms with van der Waals surface area (Å²) in [5, 5.41) is 11.6. The normalized spacial score (nSPS) is 21.2. The van der Waals surface area contributed by atoms with Gasteiger partial charge in [0.15, 0.2) is 5.60 Å². The van der Waals surface area contributed by atoms with Crippen LogP contribution in [-0.4, -0.2) is 58.8 Å². The van der Waals surface area contributed by atoms with Crippen LogP contribution in [0.5, 0.6) is 23.0 Å². The third-order valence-corrected chi connectivity index (χ3v) is 12.6. The van der Waals surface area contributed by atoms with Crippen molar-refractivity contribution in [1.82, 2.24) is 0 Å². The Kier molecular flexibility index (Phi) is 8.90. The highest BCUT2D eigenvalue weighted by Gasteiger charge is 2.55. The molecule has 1 unspecified atom stereocenters. The Morgan fingerprint density at radius 2 is 1.34 bits per heavy atom. The molecule has 5 aromatic rings. The van der Waals surface area contributed by atoms with Crippen LogP contribution in [0.15, 0.2) is 91.0 Å². The number of hydrogen-bond donors (Lipinski definition) is 1. The molecule has 4 aliphatic rings. The molecule has 1 saturated carbocycles. The average Bonchev–Trinajstić information content (AvgIpc) is 3.46. The van der Waals surface area contributed by atoms with E-state index in [0.29, 0.717) is 5.75 Å². The first-order valence-corrected chi connectivity index (χ1v) is 20.0. The summed E-state index contributed by atoms with van der Waals surface area (Å²) in [4.78, 5) is 2.38. The van der Waals surface area contributed by atoms with Crippen molar-refractivity contribution in [2.75, 3.05) is 58.6 Å². The summed E-state index contributed by atoms with van der Waals surface area (Å²) in [6, 6.07) is 30.1. The van der Waals surface area contributed by atoms with Crippen LogP contribution in [-0.2, 0) is 15.8 Å². The summed E-state index contributed by atoms with van der Waals surface area (Å²) in [7, 11) is 3.50. The van der Waals surface area contributed by atoms with Gasteiger partial charge in [0, 0.05) is 46.3 Å². The van der Waals surface area contributed by atoms with Gasteiger partial charge in [-0.25, -0.2) is 0 Å². The summed E-state index contributed by atoms with van der Waals surface area (Å²) >= 11 is 0. The van der Waals surface area contributed by atoms with Crippen LogP contribution in [0.3, 0.4) is 0 Å². The fourth-order valence-corrected chi connectivity index (χ4v) is 11.1. The predicted molar refractivity (Wildman–Crippen MR) is 224 cm³/mol. The standard InChI is InChI=1S/C49H53NO6/c1-46(2)29-47(3,4)31-48(30-46)42-28-37(53-6)16-18-39(42)43-38-17-15-36(52-5)27-41(38)45-40(44(43)48)19-20-49(56-45,33-9-13-35(14-10-33)55-26-23-51)32-7-11-34(12-8-32)50-21-24-54-25-22-50/h7-20,27-28,51H,21-26,29-31H2,1-6H3. The summed E-state index contributed by atoms with van der Waals surface area (Å²) < 4.78 is 31.0. The first kappa shape index (κ1) is 36.6. The van der Waals surface area contributed by atoms with E-state index in [0.717, 1.165) is 90.3 Å². The molecule has 2 aliphatic heterocycles. The number of methoxy groups -OCH3 is 2. The summed E-state index contributed by atoms with van der Waals surface area (Å²) in [6.45, 7) is 13.2. The van der Waals surface area contributed by atoms with E-state index in [2.05, 4.69) is 118 Å².